The number of hydrogen-bond donors (Lipinski definition) is 0. The fourth-order valence-corrected chi connectivity index (χ4v) is 2.24. The van der Waals surface area contributed by atoms with Crippen LogP contribution in [0.5, 0.6) is 0 Å². The molecule has 6 nitrogen and oxygen atoms in total. The maximum absolute atomic E-state index is 6.20. The molecule has 0 N–H and O–H groups in total. The SMILES string of the molecule is Cc1nn(C)c(Cl)c1Cn1nnc(-c2ccccc2)n1. The summed E-state index contributed by atoms with van der Waals surface area (Å²) < 4.78 is 1.64. The summed E-state index contributed by atoms with van der Waals surface area (Å²) in [5.41, 5.74) is 2.72. The zero-order valence-electron chi connectivity index (χ0n) is 11.2. The number of halogens is 1. The van der Waals surface area contributed by atoms with E-state index >= 15 is 0 Å². The lowest BCUT2D eigenvalue weighted by Crippen LogP contribution is -2.05. The highest BCUT2D eigenvalue weighted by atomic mass is 35.5. The Morgan fingerprint density at radius 1 is 1.15 bits per heavy atom. The van der Waals surface area contributed by atoms with Gasteiger partial charge < -0.3 is 0 Å². The largest absolute Gasteiger partial charge is 0.256 e. The average Bonchev–Trinajstić information content (AvgIpc) is 3.01. The molecule has 0 amide bonds. The molecule has 0 fully saturated rings. The minimum absolute atomic E-state index is 0.457. The minimum atomic E-state index is 0.457. The maximum Gasteiger partial charge on any atom is 0.204 e. The molecule has 0 spiro atoms. The molecule has 0 aliphatic carbocycles. The lowest BCUT2D eigenvalue weighted by Gasteiger charge is -1.98. The van der Waals surface area contributed by atoms with E-state index < -0.39 is 0 Å². The van der Waals surface area contributed by atoms with Crippen LogP contribution in [0.1, 0.15) is 11.3 Å². The molecule has 7 heteroatoms. The molecule has 0 saturated carbocycles. The molecular weight excluding hydrogens is 276 g/mol. The summed E-state index contributed by atoms with van der Waals surface area (Å²) in [7, 11) is 1.81. The van der Waals surface area contributed by atoms with Gasteiger partial charge in [0.25, 0.3) is 0 Å². The highest BCUT2D eigenvalue weighted by Gasteiger charge is 2.13. The molecule has 3 rings (SSSR count). The predicted molar refractivity (Wildman–Crippen MR) is 75.3 cm³/mol. The third-order valence-corrected chi connectivity index (χ3v) is 3.53. The number of aromatic nitrogens is 6. The Labute approximate surface area is 121 Å². The molecule has 0 aliphatic heterocycles. The lowest BCUT2D eigenvalue weighted by molar-refractivity contribution is 0.571. The Morgan fingerprint density at radius 2 is 1.90 bits per heavy atom. The van der Waals surface area contributed by atoms with E-state index in [1.165, 1.54) is 4.80 Å². The van der Waals surface area contributed by atoms with Crippen LogP contribution in [0.15, 0.2) is 30.3 Å². The van der Waals surface area contributed by atoms with E-state index in [0.29, 0.717) is 17.5 Å². The van der Waals surface area contributed by atoms with Crippen LogP contribution in [0.25, 0.3) is 11.4 Å². The number of benzene rings is 1. The quantitative estimate of drug-likeness (QED) is 0.740. The summed E-state index contributed by atoms with van der Waals surface area (Å²) in [6.45, 7) is 2.37. The Balaban J connectivity index is 1.88. The molecule has 0 aliphatic rings. The van der Waals surface area contributed by atoms with Crippen molar-refractivity contribution >= 4 is 11.6 Å². The lowest BCUT2D eigenvalue weighted by atomic mass is 10.2. The minimum Gasteiger partial charge on any atom is -0.256 e. The second-order valence-electron chi connectivity index (χ2n) is 4.49. The van der Waals surface area contributed by atoms with Gasteiger partial charge in [-0.2, -0.15) is 9.90 Å². The van der Waals surface area contributed by atoms with Crippen molar-refractivity contribution in [3.05, 3.63) is 46.7 Å². The van der Waals surface area contributed by atoms with E-state index in [4.69, 9.17) is 11.6 Å². The summed E-state index contributed by atoms with van der Waals surface area (Å²) in [5.74, 6) is 0.600. The predicted octanol–water partition coefficient (Wildman–Crippen LogP) is 2.08. The molecule has 2 aromatic heterocycles. The van der Waals surface area contributed by atoms with Crippen LogP contribution in [0.3, 0.4) is 0 Å². The Morgan fingerprint density at radius 3 is 2.55 bits per heavy atom. The second-order valence-corrected chi connectivity index (χ2v) is 4.85. The molecule has 0 bridgehead atoms. The number of aryl methyl sites for hydroxylation is 2. The topological polar surface area (TPSA) is 61.4 Å². The van der Waals surface area contributed by atoms with Crippen molar-refractivity contribution in [2.24, 2.45) is 7.05 Å². The third kappa shape index (κ3) is 2.30. The summed E-state index contributed by atoms with van der Waals surface area (Å²) >= 11 is 6.20. The first-order chi connectivity index (χ1) is 9.65. The monoisotopic (exact) mass is 288 g/mol. The fraction of sp³-hybridized carbons (Fsp3) is 0.231. The van der Waals surface area contributed by atoms with Gasteiger partial charge in [0.15, 0.2) is 0 Å². The van der Waals surface area contributed by atoms with Crippen molar-refractivity contribution in [3.8, 4) is 11.4 Å². The van der Waals surface area contributed by atoms with Crippen LogP contribution >= 0.6 is 11.6 Å². The summed E-state index contributed by atoms with van der Waals surface area (Å²) in [6, 6.07) is 9.73. The van der Waals surface area contributed by atoms with E-state index in [-0.39, 0.29) is 0 Å². The third-order valence-electron chi connectivity index (χ3n) is 3.05. The average molecular weight is 289 g/mol. The fourth-order valence-electron chi connectivity index (χ4n) is 2.01. The first-order valence-electron chi connectivity index (χ1n) is 6.16. The van der Waals surface area contributed by atoms with Gasteiger partial charge in [0, 0.05) is 18.2 Å². The van der Waals surface area contributed by atoms with Crippen molar-refractivity contribution in [2.75, 3.05) is 0 Å². The Hall–Kier alpha value is -2.21. The first-order valence-corrected chi connectivity index (χ1v) is 6.54. The normalized spacial score (nSPS) is 10.9. The van der Waals surface area contributed by atoms with Crippen LogP contribution in [-0.2, 0) is 13.6 Å². The van der Waals surface area contributed by atoms with Gasteiger partial charge in [0.2, 0.25) is 5.82 Å². The molecular formula is C13H13ClN6. The van der Waals surface area contributed by atoms with E-state index in [2.05, 4.69) is 20.5 Å². The highest BCUT2D eigenvalue weighted by Crippen LogP contribution is 2.19. The van der Waals surface area contributed by atoms with E-state index in [0.717, 1.165) is 16.8 Å². The molecule has 1 aromatic carbocycles. The summed E-state index contributed by atoms with van der Waals surface area (Å²) in [4.78, 5) is 1.53. The van der Waals surface area contributed by atoms with Crippen LogP contribution in [0, 0.1) is 6.92 Å². The van der Waals surface area contributed by atoms with Gasteiger partial charge in [-0.05, 0) is 12.1 Å². The molecule has 102 valence electrons. The Kier molecular flexibility index (Phi) is 3.23. The molecule has 0 unspecified atom stereocenters. The highest BCUT2D eigenvalue weighted by molar-refractivity contribution is 6.30. The molecule has 2 heterocycles. The smallest absolute Gasteiger partial charge is 0.204 e. The van der Waals surface area contributed by atoms with Crippen molar-refractivity contribution < 1.29 is 0 Å². The van der Waals surface area contributed by atoms with Gasteiger partial charge in [-0.25, -0.2) is 0 Å². The van der Waals surface area contributed by atoms with Gasteiger partial charge >= 0.3 is 0 Å². The van der Waals surface area contributed by atoms with Crippen molar-refractivity contribution in [1.82, 2.24) is 30.0 Å². The van der Waals surface area contributed by atoms with E-state index in [1.54, 1.807) is 4.68 Å². The number of nitrogens with zero attached hydrogens (tertiary/aromatic N) is 6. The van der Waals surface area contributed by atoms with Gasteiger partial charge in [-0.3, -0.25) is 4.68 Å². The number of hydrogen-bond acceptors (Lipinski definition) is 4. The maximum atomic E-state index is 6.20. The molecule has 0 atom stereocenters. The number of rotatable bonds is 3. The van der Waals surface area contributed by atoms with Gasteiger partial charge in [-0.1, -0.05) is 41.9 Å². The van der Waals surface area contributed by atoms with Crippen LogP contribution in [0.2, 0.25) is 5.15 Å². The second kappa shape index (κ2) is 5.05. The van der Waals surface area contributed by atoms with Crippen LogP contribution in [0.4, 0.5) is 0 Å². The van der Waals surface area contributed by atoms with E-state index in [9.17, 15) is 0 Å². The number of tetrazole rings is 1. The molecule has 20 heavy (non-hydrogen) atoms. The standard InChI is InChI=1S/C13H13ClN6/c1-9-11(12(14)19(2)16-9)8-20-17-13(15-18-20)10-6-4-3-5-7-10/h3-7H,8H2,1-2H3. The first kappa shape index (κ1) is 12.8. The van der Waals surface area contributed by atoms with Gasteiger partial charge in [0.1, 0.15) is 5.15 Å². The Bertz CT molecular complexity index is 731. The van der Waals surface area contributed by atoms with Crippen molar-refractivity contribution in [3.63, 3.8) is 0 Å². The van der Waals surface area contributed by atoms with E-state index in [1.807, 2.05) is 44.3 Å². The van der Waals surface area contributed by atoms with Gasteiger partial charge in [-0.15, -0.1) is 10.2 Å². The molecule has 0 saturated heterocycles. The van der Waals surface area contributed by atoms with Crippen molar-refractivity contribution in [2.45, 2.75) is 13.5 Å². The zero-order valence-corrected chi connectivity index (χ0v) is 11.9. The summed E-state index contributed by atoms with van der Waals surface area (Å²) in [6.07, 6.45) is 0. The van der Waals surface area contributed by atoms with Gasteiger partial charge in [0.05, 0.1) is 12.2 Å². The molecule has 0 radical (unpaired) electrons. The summed E-state index contributed by atoms with van der Waals surface area (Å²) in [5, 5.41) is 17.4. The van der Waals surface area contributed by atoms with Crippen molar-refractivity contribution in [1.29, 1.82) is 0 Å². The van der Waals surface area contributed by atoms with Crippen LogP contribution < -0.4 is 0 Å². The van der Waals surface area contributed by atoms with Crippen LogP contribution in [-0.4, -0.2) is 30.0 Å². The molecule has 3 aromatic rings. The zero-order chi connectivity index (χ0) is 14.1.